The Labute approximate surface area is 134 Å². The van der Waals surface area contributed by atoms with Crippen LogP contribution >= 0.6 is 0 Å². The molecule has 6 nitrogen and oxygen atoms in total. The number of amides is 2. The van der Waals surface area contributed by atoms with Crippen molar-refractivity contribution in [2.24, 2.45) is 0 Å². The van der Waals surface area contributed by atoms with Crippen LogP contribution < -0.4 is 10.6 Å². The van der Waals surface area contributed by atoms with Crippen LogP contribution in [-0.4, -0.2) is 36.1 Å². The van der Waals surface area contributed by atoms with Crippen molar-refractivity contribution >= 4 is 28.4 Å². The monoisotopic (exact) mass is 313 g/mol. The minimum absolute atomic E-state index is 0.00995. The Balaban J connectivity index is 1.68. The van der Waals surface area contributed by atoms with Gasteiger partial charge in [0, 0.05) is 24.2 Å². The smallest absolute Gasteiger partial charge is 0.313 e. The number of para-hydroxylation sites is 1. The zero-order valence-corrected chi connectivity index (χ0v) is 13.0. The summed E-state index contributed by atoms with van der Waals surface area (Å²) < 4.78 is 5.42. The van der Waals surface area contributed by atoms with Crippen molar-refractivity contribution in [3.05, 3.63) is 36.0 Å². The summed E-state index contributed by atoms with van der Waals surface area (Å²) in [4.78, 5) is 28.4. The first kappa shape index (κ1) is 15.4. The van der Waals surface area contributed by atoms with Crippen LogP contribution in [0.25, 0.3) is 10.9 Å². The number of hydrogen-bond donors (Lipinski definition) is 2. The first-order valence-electron chi connectivity index (χ1n) is 7.70. The predicted molar refractivity (Wildman–Crippen MR) is 87.1 cm³/mol. The van der Waals surface area contributed by atoms with Crippen LogP contribution in [-0.2, 0) is 14.3 Å². The number of carbonyl (C=O) groups excluding carboxylic acids is 2. The topological polar surface area (TPSA) is 80.3 Å². The van der Waals surface area contributed by atoms with E-state index in [2.05, 4.69) is 15.6 Å². The molecule has 2 N–H and O–H groups in total. The van der Waals surface area contributed by atoms with E-state index in [0.717, 1.165) is 36.0 Å². The molecular formula is C17H19N3O3. The zero-order chi connectivity index (χ0) is 16.2. The predicted octanol–water partition coefficient (Wildman–Crippen LogP) is 1.78. The summed E-state index contributed by atoms with van der Waals surface area (Å²) >= 11 is 0. The molecule has 0 spiro atoms. The van der Waals surface area contributed by atoms with Crippen molar-refractivity contribution in [1.82, 2.24) is 10.3 Å². The minimum Gasteiger partial charge on any atom is -0.376 e. The molecule has 2 heterocycles. The highest BCUT2D eigenvalue weighted by molar-refractivity contribution is 6.40. The molecule has 1 saturated heterocycles. The van der Waals surface area contributed by atoms with E-state index in [1.165, 1.54) is 0 Å². The van der Waals surface area contributed by atoms with Crippen LogP contribution in [0.5, 0.6) is 0 Å². The second-order valence-electron chi connectivity index (χ2n) is 5.63. The molecule has 1 aliphatic heterocycles. The zero-order valence-electron chi connectivity index (χ0n) is 13.0. The summed E-state index contributed by atoms with van der Waals surface area (Å²) in [6.07, 6.45) is 1.92. The van der Waals surface area contributed by atoms with Crippen LogP contribution in [0.2, 0.25) is 0 Å². The number of aromatic nitrogens is 1. The number of anilines is 1. The number of pyridine rings is 1. The van der Waals surface area contributed by atoms with Gasteiger partial charge >= 0.3 is 11.8 Å². The van der Waals surface area contributed by atoms with Gasteiger partial charge in [0.25, 0.3) is 0 Å². The number of benzene rings is 1. The molecule has 1 atom stereocenters. The maximum atomic E-state index is 12.1. The lowest BCUT2D eigenvalue weighted by molar-refractivity contribution is -0.136. The Morgan fingerprint density at radius 2 is 2.13 bits per heavy atom. The van der Waals surface area contributed by atoms with Gasteiger partial charge in [-0.1, -0.05) is 18.2 Å². The van der Waals surface area contributed by atoms with E-state index in [9.17, 15) is 9.59 Å². The molecule has 1 fully saturated rings. The molecule has 1 aromatic heterocycles. The van der Waals surface area contributed by atoms with Crippen molar-refractivity contribution in [3.8, 4) is 0 Å². The third-order valence-corrected chi connectivity index (χ3v) is 3.81. The van der Waals surface area contributed by atoms with Crippen LogP contribution in [0.1, 0.15) is 18.5 Å². The SMILES string of the molecule is Cc1cc(NC(=O)C(=O)NC[C@@H]2CCCO2)c2ccccc2n1. The number of nitrogens with zero attached hydrogens (tertiary/aromatic N) is 1. The van der Waals surface area contributed by atoms with Crippen molar-refractivity contribution in [2.75, 3.05) is 18.5 Å². The summed E-state index contributed by atoms with van der Waals surface area (Å²) in [6, 6.07) is 9.24. The standard InChI is InChI=1S/C17H19N3O3/c1-11-9-15(13-6-2-3-7-14(13)19-11)20-17(22)16(21)18-10-12-5-4-8-23-12/h2-3,6-7,9,12H,4-5,8,10H2,1H3,(H,18,21)(H,19,20,22)/t12-/m0/s1. The second-order valence-corrected chi connectivity index (χ2v) is 5.63. The normalized spacial score (nSPS) is 17.2. The van der Waals surface area contributed by atoms with E-state index in [-0.39, 0.29) is 6.10 Å². The third kappa shape index (κ3) is 3.65. The summed E-state index contributed by atoms with van der Waals surface area (Å²) in [5.41, 5.74) is 2.15. The molecule has 6 heteroatoms. The molecule has 0 bridgehead atoms. The fraction of sp³-hybridized carbons (Fsp3) is 0.353. The quantitative estimate of drug-likeness (QED) is 0.847. The fourth-order valence-electron chi connectivity index (χ4n) is 2.68. The van der Waals surface area contributed by atoms with Crippen molar-refractivity contribution in [1.29, 1.82) is 0 Å². The molecule has 120 valence electrons. The van der Waals surface area contributed by atoms with Gasteiger partial charge < -0.3 is 15.4 Å². The number of rotatable bonds is 3. The first-order chi connectivity index (χ1) is 11.1. The molecule has 23 heavy (non-hydrogen) atoms. The average Bonchev–Trinajstić information content (AvgIpc) is 3.05. The van der Waals surface area contributed by atoms with Gasteiger partial charge in [-0.2, -0.15) is 0 Å². The second kappa shape index (κ2) is 6.75. The molecule has 0 radical (unpaired) electrons. The van der Waals surface area contributed by atoms with Crippen LogP contribution in [0, 0.1) is 6.92 Å². The van der Waals surface area contributed by atoms with E-state index in [4.69, 9.17) is 4.74 Å². The average molecular weight is 313 g/mol. The van der Waals surface area contributed by atoms with Crippen LogP contribution in [0.15, 0.2) is 30.3 Å². The number of nitrogens with one attached hydrogen (secondary N) is 2. The van der Waals surface area contributed by atoms with E-state index in [0.29, 0.717) is 12.2 Å². The molecule has 0 saturated carbocycles. The number of carbonyl (C=O) groups is 2. The molecule has 3 rings (SSSR count). The summed E-state index contributed by atoms with van der Waals surface area (Å²) in [7, 11) is 0. The largest absolute Gasteiger partial charge is 0.376 e. The maximum Gasteiger partial charge on any atom is 0.313 e. The van der Waals surface area contributed by atoms with Crippen molar-refractivity contribution in [2.45, 2.75) is 25.9 Å². The van der Waals surface area contributed by atoms with E-state index in [1.54, 1.807) is 6.07 Å². The molecule has 0 unspecified atom stereocenters. The molecular weight excluding hydrogens is 294 g/mol. The molecule has 2 amide bonds. The molecule has 1 aliphatic rings. The Morgan fingerprint density at radius 1 is 1.30 bits per heavy atom. The lowest BCUT2D eigenvalue weighted by Gasteiger charge is -2.12. The Bertz CT molecular complexity index is 739. The first-order valence-corrected chi connectivity index (χ1v) is 7.70. The highest BCUT2D eigenvalue weighted by atomic mass is 16.5. The molecule has 1 aromatic carbocycles. The number of ether oxygens (including phenoxy) is 1. The summed E-state index contributed by atoms with van der Waals surface area (Å²) in [6.45, 7) is 2.93. The highest BCUT2D eigenvalue weighted by Crippen LogP contribution is 2.22. The minimum atomic E-state index is -0.682. The van der Waals surface area contributed by atoms with Crippen molar-refractivity contribution in [3.63, 3.8) is 0 Å². The fourth-order valence-corrected chi connectivity index (χ4v) is 2.68. The van der Waals surface area contributed by atoms with E-state index >= 15 is 0 Å². The molecule has 2 aromatic rings. The lowest BCUT2D eigenvalue weighted by atomic mass is 10.1. The van der Waals surface area contributed by atoms with Gasteiger partial charge in [-0.15, -0.1) is 0 Å². The van der Waals surface area contributed by atoms with E-state index < -0.39 is 11.8 Å². The van der Waals surface area contributed by atoms with Crippen LogP contribution in [0.3, 0.4) is 0 Å². The van der Waals surface area contributed by atoms with Gasteiger partial charge in [-0.05, 0) is 31.9 Å². The Hall–Kier alpha value is -2.47. The van der Waals surface area contributed by atoms with Crippen LogP contribution in [0.4, 0.5) is 5.69 Å². The number of aryl methyl sites for hydroxylation is 1. The van der Waals surface area contributed by atoms with Gasteiger partial charge in [0.2, 0.25) is 0 Å². The van der Waals surface area contributed by atoms with Gasteiger partial charge in [-0.25, -0.2) is 0 Å². The summed E-state index contributed by atoms with van der Waals surface area (Å²) in [5, 5.41) is 6.09. The Kier molecular flexibility index (Phi) is 4.52. The summed E-state index contributed by atoms with van der Waals surface area (Å²) in [5.74, 6) is -1.34. The van der Waals surface area contributed by atoms with E-state index in [1.807, 2.05) is 31.2 Å². The van der Waals surface area contributed by atoms with Gasteiger partial charge in [0.15, 0.2) is 0 Å². The maximum absolute atomic E-state index is 12.1. The molecule has 0 aliphatic carbocycles. The number of hydrogen-bond acceptors (Lipinski definition) is 4. The number of fused-ring (bicyclic) bond motifs is 1. The van der Waals surface area contributed by atoms with Gasteiger partial charge in [0.05, 0.1) is 17.3 Å². The highest BCUT2D eigenvalue weighted by Gasteiger charge is 2.20. The van der Waals surface area contributed by atoms with Crippen molar-refractivity contribution < 1.29 is 14.3 Å². The lowest BCUT2D eigenvalue weighted by Crippen LogP contribution is -2.39. The van der Waals surface area contributed by atoms with Gasteiger partial charge in [-0.3, -0.25) is 14.6 Å². The van der Waals surface area contributed by atoms with Gasteiger partial charge in [0.1, 0.15) is 0 Å². The third-order valence-electron chi connectivity index (χ3n) is 3.81. The Morgan fingerprint density at radius 3 is 2.91 bits per heavy atom.